The highest BCUT2D eigenvalue weighted by molar-refractivity contribution is 7.91. The van der Waals surface area contributed by atoms with E-state index >= 15 is 0 Å². The van der Waals surface area contributed by atoms with E-state index in [1.807, 2.05) is 0 Å². The number of nitrogens with two attached hydrogens (primary N) is 1. The molecule has 1 aromatic rings. The summed E-state index contributed by atoms with van der Waals surface area (Å²) >= 11 is 0. The van der Waals surface area contributed by atoms with Crippen molar-refractivity contribution in [3.8, 4) is 5.75 Å². The monoisotopic (exact) mass is 289 g/mol. The van der Waals surface area contributed by atoms with Gasteiger partial charge in [0.2, 0.25) is 0 Å². The van der Waals surface area contributed by atoms with Gasteiger partial charge in [0.1, 0.15) is 23.8 Å². The molecule has 0 radical (unpaired) electrons. The normalized spacial score (nSPS) is 27.2. The van der Waals surface area contributed by atoms with E-state index in [1.54, 1.807) is 6.92 Å². The third kappa shape index (κ3) is 3.23. The minimum Gasteiger partial charge on any atom is -0.487 e. The molecule has 3 N–H and O–H groups in total. The lowest BCUT2D eigenvalue weighted by atomic mass is 10.1. The van der Waals surface area contributed by atoms with Crippen LogP contribution in [0.1, 0.15) is 18.5 Å². The minimum absolute atomic E-state index is 0.183. The number of hydrogen-bond donors (Lipinski definition) is 2. The van der Waals surface area contributed by atoms with Gasteiger partial charge in [-0.15, -0.1) is 0 Å². The van der Waals surface area contributed by atoms with E-state index in [9.17, 15) is 17.9 Å². The van der Waals surface area contributed by atoms with Gasteiger partial charge >= 0.3 is 0 Å². The topological polar surface area (TPSA) is 89.6 Å². The van der Waals surface area contributed by atoms with Crippen LogP contribution in [0, 0.1) is 5.82 Å². The van der Waals surface area contributed by atoms with Crippen molar-refractivity contribution < 1.29 is 22.7 Å². The Morgan fingerprint density at radius 2 is 2.16 bits per heavy atom. The number of aliphatic hydroxyl groups excluding tert-OH is 1. The molecule has 3 unspecified atom stereocenters. The lowest BCUT2D eigenvalue weighted by Gasteiger charge is -2.16. The molecule has 7 heteroatoms. The molecule has 5 nitrogen and oxygen atoms in total. The van der Waals surface area contributed by atoms with Crippen LogP contribution in [0.3, 0.4) is 0 Å². The maximum absolute atomic E-state index is 13.7. The lowest BCUT2D eigenvalue weighted by molar-refractivity contribution is 0.0735. The molecule has 3 atom stereocenters. The van der Waals surface area contributed by atoms with Crippen molar-refractivity contribution >= 4 is 9.84 Å². The smallest absolute Gasteiger partial charge is 0.156 e. The molecule has 0 saturated carbocycles. The molecule has 1 heterocycles. The number of aliphatic hydroxyl groups is 1. The van der Waals surface area contributed by atoms with Gasteiger partial charge < -0.3 is 15.6 Å². The number of sulfone groups is 1. The molecule has 2 rings (SSSR count). The van der Waals surface area contributed by atoms with Crippen molar-refractivity contribution in [2.24, 2.45) is 5.73 Å². The van der Waals surface area contributed by atoms with E-state index in [2.05, 4.69) is 0 Å². The Hall–Kier alpha value is -1.18. The minimum atomic E-state index is -3.29. The highest BCUT2D eigenvalue weighted by atomic mass is 32.2. The Morgan fingerprint density at radius 1 is 1.47 bits per heavy atom. The fraction of sp³-hybridized carbons (Fsp3) is 0.500. The second-order valence-corrected chi connectivity index (χ2v) is 6.93. The molecule has 1 aliphatic heterocycles. The third-order valence-corrected chi connectivity index (χ3v) is 4.71. The molecule has 19 heavy (non-hydrogen) atoms. The van der Waals surface area contributed by atoms with Crippen molar-refractivity contribution in [2.75, 3.05) is 11.5 Å². The van der Waals surface area contributed by atoms with Gasteiger partial charge in [0.25, 0.3) is 0 Å². The Bertz CT molecular complexity index is 573. The number of rotatable bonds is 3. The third-order valence-electron chi connectivity index (χ3n) is 3.02. The highest BCUT2D eigenvalue weighted by Crippen LogP contribution is 2.24. The van der Waals surface area contributed by atoms with Gasteiger partial charge in [0.05, 0.1) is 11.5 Å². The first-order valence-corrected chi connectivity index (χ1v) is 7.71. The second kappa shape index (κ2) is 5.07. The molecular formula is C12H16FNO4S. The lowest BCUT2D eigenvalue weighted by Crippen LogP contribution is -2.29. The van der Waals surface area contributed by atoms with Crippen LogP contribution in [0.15, 0.2) is 18.2 Å². The summed E-state index contributed by atoms with van der Waals surface area (Å²) in [5.41, 5.74) is 5.94. The first kappa shape index (κ1) is 14.2. The average Bonchev–Trinajstić information content (AvgIpc) is 2.51. The maximum atomic E-state index is 13.7. The summed E-state index contributed by atoms with van der Waals surface area (Å²) in [5, 5.41) is 9.58. The summed E-state index contributed by atoms with van der Waals surface area (Å²) in [5.74, 6) is -0.908. The summed E-state index contributed by atoms with van der Waals surface area (Å²) in [7, 11) is -3.29. The standard InChI is InChI=1S/C12H16FNO4S/c1-7(14)9-3-2-8(4-10(9)13)18-12-6-19(16,17)5-11(12)15/h2-4,7,11-12,15H,5-6,14H2,1H3. The van der Waals surface area contributed by atoms with Crippen LogP contribution in [0.25, 0.3) is 0 Å². The Labute approximate surface area is 111 Å². The zero-order valence-corrected chi connectivity index (χ0v) is 11.2. The Balaban J connectivity index is 2.14. The number of hydrogen-bond acceptors (Lipinski definition) is 5. The van der Waals surface area contributed by atoms with Crippen molar-refractivity contribution in [3.63, 3.8) is 0 Å². The number of halogens is 1. The largest absolute Gasteiger partial charge is 0.487 e. The molecule has 0 spiro atoms. The number of ether oxygens (including phenoxy) is 1. The molecule has 0 bridgehead atoms. The van der Waals surface area contributed by atoms with E-state index in [4.69, 9.17) is 10.5 Å². The van der Waals surface area contributed by atoms with Crippen LogP contribution in [0.5, 0.6) is 5.75 Å². The van der Waals surface area contributed by atoms with Gasteiger partial charge in [0, 0.05) is 17.7 Å². The molecule has 1 fully saturated rings. The summed E-state index contributed by atoms with van der Waals surface area (Å²) < 4.78 is 41.7. The fourth-order valence-electron chi connectivity index (χ4n) is 2.03. The van der Waals surface area contributed by atoms with Gasteiger partial charge in [-0.05, 0) is 13.0 Å². The average molecular weight is 289 g/mol. The molecule has 0 aliphatic carbocycles. The quantitative estimate of drug-likeness (QED) is 0.840. The second-order valence-electron chi connectivity index (χ2n) is 4.77. The van der Waals surface area contributed by atoms with Gasteiger partial charge in [0.15, 0.2) is 9.84 Å². The summed E-state index contributed by atoms with van der Waals surface area (Å²) in [6.07, 6.45) is -1.94. The van der Waals surface area contributed by atoms with Crippen LogP contribution < -0.4 is 10.5 Å². The molecule has 1 aromatic carbocycles. The van der Waals surface area contributed by atoms with Crippen LogP contribution in [0.2, 0.25) is 0 Å². The molecule has 1 saturated heterocycles. The molecule has 1 aliphatic rings. The first-order chi connectivity index (χ1) is 8.78. The SMILES string of the molecule is CC(N)c1ccc(OC2CS(=O)(=O)CC2O)cc1F. The fourth-order valence-corrected chi connectivity index (χ4v) is 3.70. The zero-order valence-electron chi connectivity index (χ0n) is 10.4. The van der Waals surface area contributed by atoms with Gasteiger partial charge in [-0.1, -0.05) is 6.07 Å². The van der Waals surface area contributed by atoms with E-state index < -0.39 is 33.9 Å². The van der Waals surface area contributed by atoms with Crippen molar-refractivity contribution in [2.45, 2.75) is 25.2 Å². The molecule has 0 aromatic heterocycles. The van der Waals surface area contributed by atoms with Crippen LogP contribution in [-0.2, 0) is 9.84 Å². The number of benzene rings is 1. The zero-order chi connectivity index (χ0) is 14.2. The van der Waals surface area contributed by atoms with Crippen LogP contribution in [0.4, 0.5) is 4.39 Å². The summed E-state index contributed by atoms with van der Waals surface area (Å²) in [6.45, 7) is 1.66. The van der Waals surface area contributed by atoms with Gasteiger partial charge in [-0.3, -0.25) is 0 Å². The van der Waals surface area contributed by atoms with E-state index in [0.29, 0.717) is 5.56 Å². The first-order valence-electron chi connectivity index (χ1n) is 5.88. The van der Waals surface area contributed by atoms with E-state index in [1.165, 1.54) is 12.1 Å². The highest BCUT2D eigenvalue weighted by Gasteiger charge is 2.38. The van der Waals surface area contributed by atoms with Crippen molar-refractivity contribution in [1.29, 1.82) is 0 Å². The molecule has 106 valence electrons. The Kier molecular flexibility index (Phi) is 3.80. The van der Waals surface area contributed by atoms with E-state index in [0.717, 1.165) is 6.07 Å². The van der Waals surface area contributed by atoms with Crippen molar-refractivity contribution in [1.82, 2.24) is 0 Å². The van der Waals surface area contributed by atoms with Crippen molar-refractivity contribution in [3.05, 3.63) is 29.6 Å². The molecular weight excluding hydrogens is 273 g/mol. The Morgan fingerprint density at radius 3 is 2.63 bits per heavy atom. The van der Waals surface area contributed by atoms with Gasteiger partial charge in [-0.25, -0.2) is 12.8 Å². The summed E-state index contributed by atoms with van der Waals surface area (Å²) in [4.78, 5) is 0. The van der Waals surface area contributed by atoms with Crippen LogP contribution >= 0.6 is 0 Å². The summed E-state index contributed by atoms with van der Waals surface area (Å²) in [6, 6.07) is 3.72. The predicted octanol–water partition coefficient (Wildman–Crippen LogP) is 0.382. The predicted molar refractivity (Wildman–Crippen MR) is 68.1 cm³/mol. The maximum Gasteiger partial charge on any atom is 0.156 e. The molecule has 0 amide bonds. The van der Waals surface area contributed by atoms with Crippen LogP contribution in [-0.4, -0.2) is 37.2 Å². The van der Waals surface area contributed by atoms with Gasteiger partial charge in [-0.2, -0.15) is 0 Å². The van der Waals surface area contributed by atoms with E-state index in [-0.39, 0.29) is 17.3 Å².